The van der Waals surface area contributed by atoms with Gasteiger partial charge in [-0.25, -0.2) is 0 Å². The van der Waals surface area contributed by atoms with Crippen LogP contribution in [0.1, 0.15) is 27.6 Å². The highest BCUT2D eigenvalue weighted by molar-refractivity contribution is 6.03. The largest absolute Gasteiger partial charge is 0.317 e. The van der Waals surface area contributed by atoms with Crippen LogP contribution in [0.15, 0.2) is 6.07 Å². The number of hydrogen-bond donors (Lipinski definition) is 2. The van der Waals surface area contributed by atoms with E-state index in [-0.39, 0.29) is 5.91 Å². The standard InChI is InChI=1S/C11H15N5O/c1-6-5-9(15-16(6)4)11(17)12-10-7(2)13-14-8(10)3/h5H,1-4H3,(H,12,17)(H,13,14). The van der Waals surface area contributed by atoms with Crippen LogP contribution in [-0.4, -0.2) is 25.9 Å². The number of nitrogens with zero attached hydrogens (tertiary/aromatic N) is 3. The molecule has 0 spiro atoms. The Bertz CT molecular complexity index is 527. The maximum absolute atomic E-state index is 12.0. The highest BCUT2D eigenvalue weighted by Gasteiger charge is 2.14. The molecule has 1 amide bonds. The van der Waals surface area contributed by atoms with Gasteiger partial charge in [0, 0.05) is 12.7 Å². The molecular weight excluding hydrogens is 218 g/mol. The smallest absolute Gasteiger partial charge is 0.276 e. The summed E-state index contributed by atoms with van der Waals surface area (Å²) in [7, 11) is 1.81. The average Bonchev–Trinajstić information content (AvgIpc) is 2.76. The van der Waals surface area contributed by atoms with Crippen molar-refractivity contribution < 1.29 is 4.79 Å². The summed E-state index contributed by atoms with van der Waals surface area (Å²) in [6.45, 7) is 5.60. The molecule has 0 aliphatic heterocycles. The Morgan fingerprint density at radius 1 is 1.41 bits per heavy atom. The number of aryl methyl sites for hydroxylation is 4. The van der Waals surface area contributed by atoms with Gasteiger partial charge in [0.2, 0.25) is 0 Å². The summed E-state index contributed by atoms with van der Waals surface area (Å²) in [6.07, 6.45) is 0. The molecule has 0 aromatic carbocycles. The quantitative estimate of drug-likeness (QED) is 0.821. The van der Waals surface area contributed by atoms with Crippen LogP contribution in [0, 0.1) is 20.8 Å². The van der Waals surface area contributed by atoms with Gasteiger partial charge in [0.05, 0.1) is 17.1 Å². The number of H-pyrrole nitrogens is 1. The summed E-state index contributed by atoms with van der Waals surface area (Å²) in [4.78, 5) is 12.0. The Morgan fingerprint density at radius 3 is 2.59 bits per heavy atom. The first-order valence-electron chi connectivity index (χ1n) is 5.32. The minimum Gasteiger partial charge on any atom is -0.317 e. The number of carbonyl (C=O) groups excluding carboxylic acids is 1. The van der Waals surface area contributed by atoms with Crippen LogP contribution >= 0.6 is 0 Å². The molecular formula is C11H15N5O. The van der Waals surface area contributed by atoms with E-state index in [1.165, 1.54) is 0 Å². The maximum atomic E-state index is 12.0. The van der Waals surface area contributed by atoms with E-state index in [0.717, 1.165) is 22.8 Å². The lowest BCUT2D eigenvalue weighted by Crippen LogP contribution is -2.14. The molecule has 0 unspecified atom stereocenters. The Morgan fingerprint density at radius 2 is 2.12 bits per heavy atom. The van der Waals surface area contributed by atoms with Crippen LogP contribution in [0.4, 0.5) is 5.69 Å². The Kier molecular flexibility index (Phi) is 2.71. The van der Waals surface area contributed by atoms with E-state index in [2.05, 4.69) is 20.6 Å². The minimum atomic E-state index is -0.221. The monoisotopic (exact) mass is 233 g/mol. The Labute approximate surface area is 99.0 Å². The van der Waals surface area contributed by atoms with Gasteiger partial charge < -0.3 is 5.32 Å². The lowest BCUT2D eigenvalue weighted by Gasteiger charge is -2.02. The van der Waals surface area contributed by atoms with E-state index in [1.807, 2.05) is 20.8 Å². The molecule has 6 nitrogen and oxygen atoms in total. The molecule has 2 aromatic heterocycles. The van der Waals surface area contributed by atoms with E-state index < -0.39 is 0 Å². The van der Waals surface area contributed by atoms with Gasteiger partial charge in [-0.05, 0) is 26.8 Å². The number of aromatic amines is 1. The number of amides is 1. The third-order valence-corrected chi connectivity index (χ3v) is 2.71. The van der Waals surface area contributed by atoms with Crippen molar-refractivity contribution in [3.8, 4) is 0 Å². The summed E-state index contributed by atoms with van der Waals surface area (Å²) in [5.74, 6) is -0.221. The molecule has 6 heteroatoms. The van der Waals surface area contributed by atoms with Crippen LogP contribution in [0.2, 0.25) is 0 Å². The van der Waals surface area contributed by atoms with E-state index in [4.69, 9.17) is 0 Å². The predicted molar refractivity (Wildman–Crippen MR) is 64.0 cm³/mol. The molecule has 2 rings (SSSR count). The summed E-state index contributed by atoms with van der Waals surface area (Å²) in [5.41, 5.74) is 3.67. The molecule has 0 aliphatic rings. The molecule has 0 bridgehead atoms. The van der Waals surface area contributed by atoms with Gasteiger partial charge >= 0.3 is 0 Å². The SMILES string of the molecule is Cc1n[nH]c(C)c1NC(=O)c1cc(C)n(C)n1. The Hall–Kier alpha value is -2.11. The number of aromatic nitrogens is 4. The fourth-order valence-electron chi connectivity index (χ4n) is 1.58. The van der Waals surface area contributed by atoms with Crippen molar-refractivity contribution in [2.24, 2.45) is 7.05 Å². The van der Waals surface area contributed by atoms with Gasteiger partial charge in [-0.1, -0.05) is 0 Å². The molecule has 2 N–H and O–H groups in total. The van der Waals surface area contributed by atoms with Crippen molar-refractivity contribution in [1.82, 2.24) is 20.0 Å². The second kappa shape index (κ2) is 4.04. The molecule has 17 heavy (non-hydrogen) atoms. The summed E-state index contributed by atoms with van der Waals surface area (Å²) in [6, 6.07) is 1.75. The van der Waals surface area contributed by atoms with Gasteiger partial charge in [0.25, 0.3) is 5.91 Å². The molecule has 0 radical (unpaired) electrons. The highest BCUT2D eigenvalue weighted by Crippen LogP contribution is 2.17. The van der Waals surface area contributed by atoms with E-state index in [0.29, 0.717) is 5.69 Å². The first kappa shape index (κ1) is 11.4. The minimum absolute atomic E-state index is 0.221. The van der Waals surface area contributed by atoms with Gasteiger partial charge in [0.15, 0.2) is 5.69 Å². The van der Waals surface area contributed by atoms with Crippen LogP contribution in [0.5, 0.6) is 0 Å². The fraction of sp³-hybridized carbons (Fsp3) is 0.364. The average molecular weight is 233 g/mol. The van der Waals surface area contributed by atoms with Crippen molar-refractivity contribution in [1.29, 1.82) is 0 Å². The van der Waals surface area contributed by atoms with E-state index >= 15 is 0 Å². The van der Waals surface area contributed by atoms with Crippen molar-refractivity contribution in [3.63, 3.8) is 0 Å². The first-order chi connectivity index (χ1) is 7.99. The van der Waals surface area contributed by atoms with Crippen LogP contribution < -0.4 is 5.32 Å². The molecule has 2 aromatic rings. The molecule has 90 valence electrons. The first-order valence-corrected chi connectivity index (χ1v) is 5.32. The van der Waals surface area contributed by atoms with Crippen LogP contribution in [0.3, 0.4) is 0 Å². The molecule has 0 fully saturated rings. The zero-order chi connectivity index (χ0) is 12.6. The third kappa shape index (κ3) is 2.06. The normalized spacial score (nSPS) is 10.6. The van der Waals surface area contributed by atoms with Crippen LogP contribution in [0.25, 0.3) is 0 Å². The zero-order valence-electron chi connectivity index (χ0n) is 10.3. The zero-order valence-corrected chi connectivity index (χ0v) is 10.3. The summed E-state index contributed by atoms with van der Waals surface area (Å²) >= 11 is 0. The molecule has 0 aliphatic carbocycles. The topological polar surface area (TPSA) is 75.6 Å². The number of rotatable bonds is 2. The van der Waals surface area contributed by atoms with Crippen molar-refractivity contribution in [2.45, 2.75) is 20.8 Å². The number of nitrogens with one attached hydrogen (secondary N) is 2. The molecule has 0 saturated heterocycles. The van der Waals surface area contributed by atoms with Gasteiger partial charge in [-0.3, -0.25) is 14.6 Å². The van der Waals surface area contributed by atoms with Gasteiger partial charge in [-0.2, -0.15) is 10.2 Å². The van der Waals surface area contributed by atoms with Gasteiger partial charge in [-0.15, -0.1) is 0 Å². The summed E-state index contributed by atoms with van der Waals surface area (Å²) in [5, 5.41) is 13.8. The van der Waals surface area contributed by atoms with Crippen molar-refractivity contribution >= 4 is 11.6 Å². The summed E-state index contributed by atoms with van der Waals surface area (Å²) < 4.78 is 1.67. The van der Waals surface area contributed by atoms with Crippen LogP contribution in [-0.2, 0) is 7.05 Å². The predicted octanol–water partition coefficient (Wildman–Crippen LogP) is 1.32. The Balaban J connectivity index is 2.23. The van der Waals surface area contributed by atoms with Gasteiger partial charge in [0.1, 0.15) is 0 Å². The number of carbonyl (C=O) groups is 1. The van der Waals surface area contributed by atoms with Crippen molar-refractivity contribution in [2.75, 3.05) is 5.32 Å². The fourth-order valence-corrected chi connectivity index (χ4v) is 1.58. The van der Waals surface area contributed by atoms with E-state index in [1.54, 1.807) is 17.8 Å². The highest BCUT2D eigenvalue weighted by atomic mass is 16.2. The lowest BCUT2D eigenvalue weighted by atomic mass is 10.3. The number of hydrogen-bond acceptors (Lipinski definition) is 3. The second-order valence-electron chi connectivity index (χ2n) is 4.06. The maximum Gasteiger partial charge on any atom is 0.276 e. The van der Waals surface area contributed by atoms with Crippen molar-refractivity contribution in [3.05, 3.63) is 28.8 Å². The lowest BCUT2D eigenvalue weighted by molar-refractivity contribution is 0.102. The third-order valence-electron chi connectivity index (χ3n) is 2.71. The molecule has 0 atom stereocenters. The number of anilines is 1. The second-order valence-corrected chi connectivity index (χ2v) is 4.06. The molecule has 2 heterocycles. The van der Waals surface area contributed by atoms with E-state index in [9.17, 15) is 4.79 Å². The molecule has 0 saturated carbocycles.